The van der Waals surface area contributed by atoms with E-state index in [9.17, 15) is 9.18 Å². The van der Waals surface area contributed by atoms with E-state index in [-0.39, 0.29) is 5.91 Å². The van der Waals surface area contributed by atoms with Crippen molar-refractivity contribution in [3.05, 3.63) is 23.5 Å². The molecule has 1 aliphatic rings. The number of halogens is 1. The summed E-state index contributed by atoms with van der Waals surface area (Å²) in [5.41, 5.74) is 2.17. The number of carbonyl (C=O) groups is 1. The quantitative estimate of drug-likeness (QED) is 0.838. The molecule has 2 heterocycles. The normalized spacial score (nSPS) is 15.9. The summed E-state index contributed by atoms with van der Waals surface area (Å²) < 4.78 is 13.1. The van der Waals surface area contributed by atoms with Gasteiger partial charge in [-0.2, -0.15) is 0 Å². The average molecular weight is 292 g/mol. The van der Waals surface area contributed by atoms with Crippen molar-refractivity contribution in [2.45, 2.75) is 32.9 Å². The molecule has 1 aromatic heterocycles. The van der Waals surface area contributed by atoms with Crippen molar-refractivity contribution < 1.29 is 9.18 Å². The van der Waals surface area contributed by atoms with Crippen molar-refractivity contribution in [2.75, 3.05) is 25.0 Å². The van der Waals surface area contributed by atoms with E-state index in [4.69, 9.17) is 5.41 Å². The zero-order chi connectivity index (χ0) is 15.4. The van der Waals surface area contributed by atoms with Gasteiger partial charge in [0.05, 0.1) is 0 Å². The van der Waals surface area contributed by atoms with Gasteiger partial charge in [0, 0.05) is 42.8 Å². The molecule has 5 nitrogen and oxygen atoms in total. The van der Waals surface area contributed by atoms with Gasteiger partial charge in [0.2, 0.25) is 0 Å². The Bertz CT molecular complexity index is 538. The summed E-state index contributed by atoms with van der Waals surface area (Å²) in [6.45, 7) is 5.21. The van der Waals surface area contributed by atoms with Crippen molar-refractivity contribution in [2.24, 2.45) is 0 Å². The lowest BCUT2D eigenvalue weighted by Crippen LogP contribution is -2.39. The lowest BCUT2D eigenvalue weighted by atomic mass is 10.1. The number of aromatic nitrogens is 1. The van der Waals surface area contributed by atoms with Gasteiger partial charge in [-0.05, 0) is 32.8 Å². The highest BCUT2D eigenvalue weighted by atomic mass is 19.1. The lowest BCUT2D eigenvalue weighted by Gasteiger charge is -2.28. The first kappa shape index (κ1) is 15.4. The van der Waals surface area contributed by atoms with Gasteiger partial charge < -0.3 is 15.6 Å². The van der Waals surface area contributed by atoms with Crippen LogP contribution in [0.25, 0.3) is 0 Å². The van der Waals surface area contributed by atoms with Gasteiger partial charge >= 0.3 is 0 Å². The van der Waals surface area contributed by atoms with Crippen LogP contribution < -0.4 is 5.32 Å². The Balaban J connectivity index is 2.21. The molecule has 2 N–H and O–H groups in total. The number of anilines is 1. The molecule has 0 bridgehead atoms. The molecule has 21 heavy (non-hydrogen) atoms. The topological polar surface area (TPSA) is 69.1 Å². The number of nitrogens with one attached hydrogen (secondary N) is 2. The number of hydrogen-bond donors (Lipinski definition) is 2. The summed E-state index contributed by atoms with van der Waals surface area (Å²) in [5.74, 6) is -0.171. The van der Waals surface area contributed by atoms with Crippen molar-refractivity contribution in [3.8, 4) is 0 Å². The fourth-order valence-corrected chi connectivity index (χ4v) is 2.42. The summed E-state index contributed by atoms with van der Waals surface area (Å²) in [5, 5.41) is 10.9. The zero-order valence-corrected chi connectivity index (χ0v) is 12.4. The lowest BCUT2D eigenvalue weighted by molar-refractivity contribution is 0.0661. The standard InChI is InChI=1S/C15H21FN4O/c1-3-18-13-8-14(19-9-12(13)10(2)17)15(21)20-6-4-11(16)5-7-20/h8-9,11,17H,3-7H2,1-2H3,(H,18,19). The van der Waals surface area contributed by atoms with E-state index < -0.39 is 6.17 Å². The number of carbonyl (C=O) groups excluding carboxylic acids is 1. The third-order valence-electron chi connectivity index (χ3n) is 3.61. The van der Waals surface area contributed by atoms with E-state index in [0.717, 1.165) is 5.69 Å². The SMILES string of the molecule is CCNc1cc(C(=O)N2CCC(F)CC2)ncc1C(C)=N. The van der Waals surface area contributed by atoms with E-state index in [0.29, 0.717) is 49.4 Å². The number of alkyl halides is 1. The van der Waals surface area contributed by atoms with E-state index >= 15 is 0 Å². The van der Waals surface area contributed by atoms with Crippen LogP contribution in [0.4, 0.5) is 10.1 Å². The molecule has 0 unspecified atom stereocenters. The largest absolute Gasteiger partial charge is 0.385 e. The molecule has 0 aliphatic carbocycles. The van der Waals surface area contributed by atoms with Crippen molar-refractivity contribution >= 4 is 17.3 Å². The zero-order valence-electron chi connectivity index (χ0n) is 12.4. The molecular weight excluding hydrogens is 271 g/mol. The van der Waals surface area contributed by atoms with E-state index in [1.165, 1.54) is 0 Å². The average Bonchev–Trinajstić information content (AvgIpc) is 2.47. The third kappa shape index (κ3) is 3.56. The minimum Gasteiger partial charge on any atom is -0.385 e. The minimum absolute atomic E-state index is 0.171. The summed E-state index contributed by atoms with van der Waals surface area (Å²) in [7, 11) is 0. The Kier molecular flexibility index (Phi) is 4.88. The molecule has 1 fully saturated rings. The summed E-state index contributed by atoms with van der Waals surface area (Å²) in [6, 6.07) is 1.68. The van der Waals surface area contributed by atoms with Crippen molar-refractivity contribution in [3.63, 3.8) is 0 Å². The molecule has 0 aromatic carbocycles. The molecule has 0 atom stereocenters. The maximum atomic E-state index is 13.1. The highest BCUT2D eigenvalue weighted by Gasteiger charge is 2.24. The van der Waals surface area contributed by atoms with Crippen LogP contribution in [-0.2, 0) is 0 Å². The third-order valence-corrected chi connectivity index (χ3v) is 3.61. The van der Waals surface area contributed by atoms with Crippen LogP contribution in [0, 0.1) is 5.41 Å². The van der Waals surface area contributed by atoms with Gasteiger partial charge in [-0.25, -0.2) is 4.39 Å². The second-order valence-corrected chi connectivity index (χ2v) is 5.24. The second-order valence-electron chi connectivity index (χ2n) is 5.24. The molecule has 1 aromatic rings. The van der Waals surface area contributed by atoms with Crippen molar-refractivity contribution in [1.82, 2.24) is 9.88 Å². The summed E-state index contributed by atoms with van der Waals surface area (Å²) in [6.07, 6.45) is 1.53. The number of amides is 1. The molecule has 1 saturated heterocycles. The Morgan fingerprint density at radius 2 is 2.19 bits per heavy atom. The van der Waals surface area contributed by atoms with Crippen molar-refractivity contribution in [1.29, 1.82) is 5.41 Å². The molecule has 1 amide bonds. The number of piperidine rings is 1. The van der Waals surface area contributed by atoms with Gasteiger partial charge in [0.25, 0.3) is 5.91 Å². The van der Waals surface area contributed by atoms with Crippen LogP contribution in [0.2, 0.25) is 0 Å². The smallest absolute Gasteiger partial charge is 0.272 e. The van der Waals surface area contributed by atoms with Crippen LogP contribution in [0.15, 0.2) is 12.3 Å². The monoisotopic (exact) mass is 292 g/mol. The fourth-order valence-electron chi connectivity index (χ4n) is 2.42. The molecule has 0 saturated carbocycles. The molecule has 0 spiro atoms. The Morgan fingerprint density at radius 1 is 1.52 bits per heavy atom. The van der Waals surface area contributed by atoms with Crippen LogP contribution in [0.1, 0.15) is 42.7 Å². The molecule has 0 radical (unpaired) electrons. The summed E-state index contributed by atoms with van der Waals surface area (Å²) in [4.78, 5) is 18.2. The first-order valence-electron chi connectivity index (χ1n) is 7.25. The predicted molar refractivity (Wildman–Crippen MR) is 80.9 cm³/mol. The molecular formula is C15H21FN4O. The molecule has 2 rings (SSSR count). The molecule has 6 heteroatoms. The second kappa shape index (κ2) is 6.65. The van der Waals surface area contributed by atoms with Gasteiger partial charge in [0.1, 0.15) is 11.9 Å². The first-order valence-corrected chi connectivity index (χ1v) is 7.25. The number of pyridine rings is 1. The first-order chi connectivity index (χ1) is 10.0. The number of nitrogens with zero attached hydrogens (tertiary/aromatic N) is 2. The summed E-state index contributed by atoms with van der Waals surface area (Å²) >= 11 is 0. The van der Waals surface area contributed by atoms with Gasteiger partial charge in [-0.3, -0.25) is 9.78 Å². The van der Waals surface area contributed by atoms with Crippen LogP contribution in [0.3, 0.4) is 0 Å². The Morgan fingerprint density at radius 3 is 2.76 bits per heavy atom. The molecule has 114 valence electrons. The highest BCUT2D eigenvalue weighted by molar-refractivity contribution is 6.02. The van der Waals surface area contributed by atoms with E-state index in [1.54, 1.807) is 24.1 Å². The maximum Gasteiger partial charge on any atom is 0.272 e. The van der Waals surface area contributed by atoms with Gasteiger partial charge in [0.15, 0.2) is 0 Å². The van der Waals surface area contributed by atoms with Gasteiger partial charge in [-0.15, -0.1) is 0 Å². The Hall–Kier alpha value is -1.98. The van der Waals surface area contributed by atoms with Crippen LogP contribution >= 0.6 is 0 Å². The fraction of sp³-hybridized carbons (Fsp3) is 0.533. The molecule has 1 aliphatic heterocycles. The minimum atomic E-state index is -0.803. The van der Waals surface area contributed by atoms with Gasteiger partial charge in [-0.1, -0.05) is 0 Å². The number of likely N-dealkylation sites (tertiary alicyclic amines) is 1. The van der Waals surface area contributed by atoms with E-state index in [1.807, 2.05) is 6.92 Å². The highest BCUT2D eigenvalue weighted by Crippen LogP contribution is 2.20. The Labute approximate surface area is 124 Å². The van der Waals surface area contributed by atoms with Crippen LogP contribution in [0.5, 0.6) is 0 Å². The number of rotatable bonds is 4. The van der Waals surface area contributed by atoms with E-state index in [2.05, 4.69) is 10.3 Å². The maximum absolute atomic E-state index is 13.1. The predicted octanol–water partition coefficient (Wildman–Crippen LogP) is 2.48. The van der Waals surface area contributed by atoms with Crippen LogP contribution in [-0.4, -0.2) is 47.3 Å². The number of hydrogen-bond acceptors (Lipinski definition) is 4.